The van der Waals surface area contributed by atoms with Crippen molar-refractivity contribution >= 4 is 39.0 Å². The molecule has 2 aliphatic carbocycles. The fraction of sp³-hybridized carbons (Fsp3) is 0.125. The Morgan fingerprint density at radius 1 is 0.420 bits per heavy atom. The van der Waals surface area contributed by atoms with E-state index in [4.69, 9.17) is 4.42 Å². The van der Waals surface area contributed by atoms with Crippen molar-refractivity contribution in [2.24, 2.45) is 0 Å². The summed E-state index contributed by atoms with van der Waals surface area (Å²) in [5.41, 5.74) is 18.1. The van der Waals surface area contributed by atoms with Gasteiger partial charge in [-0.25, -0.2) is 0 Å². The molecule has 10 rings (SSSR count). The molecule has 0 radical (unpaired) electrons. The van der Waals surface area contributed by atoms with Crippen molar-refractivity contribution in [2.75, 3.05) is 4.90 Å². The zero-order chi connectivity index (χ0) is 33.8. The highest BCUT2D eigenvalue weighted by Gasteiger charge is 2.39. The molecule has 0 N–H and O–H groups in total. The minimum atomic E-state index is -0.116. The molecule has 0 amide bonds. The first-order valence-electron chi connectivity index (χ1n) is 17.6. The van der Waals surface area contributed by atoms with Gasteiger partial charge in [0, 0.05) is 38.4 Å². The summed E-state index contributed by atoms with van der Waals surface area (Å²) in [6, 6.07) is 55.6. The summed E-state index contributed by atoms with van der Waals surface area (Å²) >= 11 is 0. The molecule has 0 atom stereocenters. The third-order valence-corrected chi connectivity index (χ3v) is 11.5. The lowest BCUT2D eigenvalue weighted by molar-refractivity contribution is 0.660. The van der Waals surface area contributed by atoms with E-state index in [9.17, 15) is 0 Å². The predicted octanol–water partition coefficient (Wildman–Crippen LogP) is 13.3. The number of rotatable bonds is 4. The van der Waals surface area contributed by atoms with Crippen molar-refractivity contribution in [3.63, 3.8) is 0 Å². The molecule has 0 fully saturated rings. The number of nitrogens with zero attached hydrogens (tertiary/aromatic N) is 1. The average molecular weight is 644 g/mol. The van der Waals surface area contributed by atoms with E-state index < -0.39 is 0 Å². The van der Waals surface area contributed by atoms with Crippen LogP contribution in [0.1, 0.15) is 49.9 Å². The van der Waals surface area contributed by atoms with Crippen LogP contribution < -0.4 is 4.90 Å². The van der Waals surface area contributed by atoms with Crippen LogP contribution in [0.3, 0.4) is 0 Å². The monoisotopic (exact) mass is 643 g/mol. The Balaban J connectivity index is 1.29. The van der Waals surface area contributed by atoms with Crippen LogP contribution in [0.5, 0.6) is 0 Å². The molecule has 7 aromatic carbocycles. The number of benzene rings is 7. The van der Waals surface area contributed by atoms with E-state index in [0.717, 1.165) is 44.4 Å². The molecule has 0 bridgehead atoms. The number of fused-ring (bicyclic) bond motifs is 9. The van der Waals surface area contributed by atoms with Crippen molar-refractivity contribution in [2.45, 2.75) is 38.5 Å². The van der Waals surface area contributed by atoms with Crippen molar-refractivity contribution in [3.8, 4) is 33.4 Å². The second-order valence-corrected chi connectivity index (χ2v) is 14.9. The molecule has 1 heterocycles. The van der Waals surface area contributed by atoms with E-state index in [1.54, 1.807) is 0 Å². The molecule has 2 nitrogen and oxygen atoms in total. The first kappa shape index (κ1) is 29.1. The summed E-state index contributed by atoms with van der Waals surface area (Å²) in [6.07, 6.45) is 0. The van der Waals surface area contributed by atoms with Gasteiger partial charge in [-0.05, 0) is 80.9 Å². The first-order chi connectivity index (χ1) is 24.3. The number of furan rings is 1. The van der Waals surface area contributed by atoms with Crippen LogP contribution in [-0.4, -0.2) is 0 Å². The topological polar surface area (TPSA) is 16.4 Å². The number of hydrogen-bond acceptors (Lipinski definition) is 2. The zero-order valence-electron chi connectivity index (χ0n) is 28.8. The van der Waals surface area contributed by atoms with Gasteiger partial charge in [-0.15, -0.1) is 0 Å². The maximum atomic E-state index is 6.40. The van der Waals surface area contributed by atoms with E-state index in [1.165, 1.54) is 50.2 Å². The Morgan fingerprint density at radius 2 is 0.980 bits per heavy atom. The highest BCUT2D eigenvalue weighted by atomic mass is 16.3. The smallest absolute Gasteiger partial charge is 0.136 e. The van der Waals surface area contributed by atoms with Gasteiger partial charge < -0.3 is 9.32 Å². The standard InChI is InChI=1S/C48H37NO/c1-47(2)37-20-9-5-15-31(37)36-29-30(27-28-39(36)47)49(42-24-14-22-40-46(42)34-17-6-10-21-38(34)48(40,3)4)41-23-11-7-16-32(41)33-19-13-26-44-45(33)35-18-8-12-25-43(35)50-44/h5-29H,1-4H3. The molecule has 0 saturated heterocycles. The normalized spacial score (nSPS) is 14.7. The number of hydrogen-bond donors (Lipinski definition) is 0. The Kier molecular flexibility index (Phi) is 6.01. The van der Waals surface area contributed by atoms with Gasteiger partial charge in [0.25, 0.3) is 0 Å². The Bertz CT molecular complexity index is 2670. The average Bonchev–Trinajstić information content (AvgIpc) is 3.72. The Morgan fingerprint density at radius 3 is 1.82 bits per heavy atom. The van der Waals surface area contributed by atoms with Gasteiger partial charge >= 0.3 is 0 Å². The quantitative estimate of drug-likeness (QED) is 0.190. The number of para-hydroxylation sites is 2. The van der Waals surface area contributed by atoms with Crippen molar-refractivity contribution in [1.82, 2.24) is 0 Å². The molecule has 2 heteroatoms. The lowest BCUT2D eigenvalue weighted by Gasteiger charge is -2.31. The summed E-state index contributed by atoms with van der Waals surface area (Å²) in [4.78, 5) is 2.52. The SMILES string of the molecule is CC1(C)c2ccccc2-c2cc(N(c3ccccc3-c3cccc4oc5ccccc5c34)c3cccc4c3-c3ccccc3C4(C)C)ccc21. The van der Waals surface area contributed by atoms with Gasteiger partial charge in [0.15, 0.2) is 0 Å². The van der Waals surface area contributed by atoms with Crippen LogP contribution in [0.4, 0.5) is 17.1 Å². The fourth-order valence-electron chi connectivity index (χ4n) is 9.07. The summed E-state index contributed by atoms with van der Waals surface area (Å²) in [7, 11) is 0. The third kappa shape index (κ3) is 3.91. The number of anilines is 3. The summed E-state index contributed by atoms with van der Waals surface area (Å²) in [5.74, 6) is 0. The van der Waals surface area contributed by atoms with Crippen LogP contribution in [0.25, 0.3) is 55.3 Å². The fourth-order valence-corrected chi connectivity index (χ4v) is 9.07. The van der Waals surface area contributed by atoms with Crippen LogP contribution in [-0.2, 0) is 10.8 Å². The van der Waals surface area contributed by atoms with Crippen molar-refractivity contribution < 1.29 is 4.42 Å². The predicted molar refractivity (Wildman–Crippen MR) is 209 cm³/mol. The van der Waals surface area contributed by atoms with Crippen LogP contribution in [0.15, 0.2) is 156 Å². The highest BCUT2D eigenvalue weighted by molar-refractivity contribution is 6.14. The van der Waals surface area contributed by atoms with Crippen molar-refractivity contribution in [3.05, 3.63) is 174 Å². The van der Waals surface area contributed by atoms with Gasteiger partial charge in [0.2, 0.25) is 0 Å². The summed E-state index contributed by atoms with van der Waals surface area (Å²) < 4.78 is 6.40. The molecule has 0 aliphatic heterocycles. The van der Waals surface area contributed by atoms with Crippen molar-refractivity contribution in [1.29, 1.82) is 0 Å². The third-order valence-electron chi connectivity index (χ3n) is 11.5. The molecule has 50 heavy (non-hydrogen) atoms. The van der Waals surface area contributed by atoms with Crippen LogP contribution in [0, 0.1) is 0 Å². The lowest BCUT2D eigenvalue weighted by Crippen LogP contribution is -2.17. The second-order valence-electron chi connectivity index (χ2n) is 14.9. The maximum absolute atomic E-state index is 6.40. The van der Waals surface area contributed by atoms with E-state index in [2.05, 4.69) is 178 Å². The second kappa shape index (κ2) is 10.3. The van der Waals surface area contributed by atoms with E-state index in [1.807, 2.05) is 6.07 Å². The minimum absolute atomic E-state index is 0.0673. The molecule has 2 aliphatic rings. The van der Waals surface area contributed by atoms with Crippen LogP contribution in [0.2, 0.25) is 0 Å². The molecule has 240 valence electrons. The first-order valence-corrected chi connectivity index (χ1v) is 17.6. The molecule has 1 aromatic heterocycles. The minimum Gasteiger partial charge on any atom is -0.456 e. The van der Waals surface area contributed by atoms with Gasteiger partial charge in [0.1, 0.15) is 11.2 Å². The summed E-state index contributed by atoms with van der Waals surface area (Å²) in [5, 5.41) is 2.28. The van der Waals surface area contributed by atoms with Gasteiger partial charge in [-0.1, -0.05) is 143 Å². The zero-order valence-corrected chi connectivity index (χ0v) is 28.8. The molecular weight excluding hydrogens is 607 g/mol. The molecule has 0 saturated carbocycles. The largest absolute Gasteiger partial charge is 0.456 e. The van der Waals surface area contributed by atoms with Gasteiger partial charge in [-0.3, -0.25) is 0 Å². The Labute approximate surface area is 293 Å². The molecular formula is C48H37NO. The lowest BCUT2D eigenvalue weighted by atomic mass is 9.82. The maximum Gasteiger partial charge on any atom is 0.136 e. The molecule has 0 spiro atoms. The molecule has 8 aromatic rings. The van der Waals surface area contributed by atoms with E-state index in [0.29, 0.717) is 0 Å². The highest BCUT2D eigenvalue weighted by Crippen LogP contribution is 2.56. The van der Waals surface area contributed by atoms with Gasteiger partial charge in [0.05, 0.1) is 11.4 Å². The van der Waals surface area contributed by atoms with E-state index in [-0.39, 0.29) is 10.8 Å². The molecule has 0 unspecified atom stereocenters. The van der Waals surface area contributed by atoms with Crippen LogP contribution >= 0.6 is 0 Å². The summed E-state index contributed by atoms with van der Waals surface area (Å²) in [6.45, 7) is 9.42. The Hall–Kier alpha value is -5.86. The van der Waals surface area contributed by atoms with E-state index >= 15 is 0 Å². The van der Waals surface area contributed by atoms with Gasteiger partial charge in [-0.2, -0.15) is 0 Å².